The van der Waals surface area contributed by atoms with Gasteiger partial charge in [-0.3, -0.25) is 0 Å². The van der Waals surface area contributed by atoms with Crippen molar-refractivity contribution in [1.82, 2.24) is 9.55 Å². The lowest BCUT2D eigenvalue weighted by molar-refractivity contribution is -0.137. The van der Waals surface area contributed by atoms with Crippen LogP contribution in [-0.2, 0) is 12.7 Å². The molecule has 0 atom stereocenters. The Morgan fingerprint density at radius 2 is 1.90 bits per heavy atom. The molecule has 3 rings (SSSR count). The lowest BCUT2D eigenvalue weighted by Crippen LogP contribution is -2.10. The van der Waals surface area contributed by atoms with Crippen molar-refractivity contribution in [3.63, 3.8) is 0 Å². The predicted molar refractivity (Wildman–Crippen MR) is 74.2 cm³/mol. The number of rotatable bonds is 4. The van der Waals surface area contributed by atoms with Crippen molar-refractivity contribution >= 4 is 5.95 Å². The molecule has 6 heteroatoms. The highest BCUT2D eigenvalue weighted by molar-refractivity contribution is 5.34. The average Bonchev–Trinajstić information content (AvgIpc) is 3.14. The van der Waals surface area contributed by atoms with Gasteiger partial charge in [0, 0.05) is 12.2 Å². The molecule has 112 valence electrons. The largest absolute Gasteiger partial charge is 0.416 e. The van der Waals surface area contributed by atoms with Gasteiger partial charge >= 0.3 is 6.18 Å². The van der Waals surface area contributed by atoms with Gasteiger partial charge in [-0.05, 0) is 37.5 Å². The van der Waals surface area contributed by atoms with E-state index in [1.807, 2.05) is 17.7 Å². The Hall–Kier alpha value is -1.98. The van der Waals surface area contributed by atoms with E-state index in [-0.39, 0.29) is 0 Å². The second kappa shape index (κ2) is 5.09. The summed E-state index contributed by atoms with van der Waals surface area (Å²) in [5.41, 5.74) is 1.09. The fourth-order valence-electron chi connectivity index (χ4n) is 2.19. The molecule has 1 aromatic heterocycles. The summed E-state index contributed by atoms with van der Waals surface area (Å²) >= 11 is 0. The van der Waals surface area contributed by atoms with Crippen LogP contribution in [0.5, 0.6) is 0 Å². The van der Waals surface area contributed by atoms with E-state index in [2.05, 4.69) is 10.3 Å². The van der Waals surface area contributed by atoms with E-state index >= 15 is 0 Å². The van der Waals surface area contributed by atoms with Crippen molar-refractivity contribution in [2.24, 2.45) is 0 Å². The van der Waals surface area contributed by atoms with Crippen LogP contribution in [-0.4, -0.2) is 15.6 Å². The molecule has 0 spiro atoms. The molecule has 0 unspecified atom stereocenters. The Labute approximate surface area is 120 Å². The van der Waals surface area contributed by atoms with Gasteiger partial charge in [0.2, 0.25) is 5.95 Å². The van der Waals surface area contributed by atoms with E-state index in [0.29, 0.717) is 12.6 Å². The SMILES string of the molecule is Cc1cn(Cc2ccc(C(F)(F)F)cc2)c(NC2CC2)n1. The number of alkyl halides is 3. The Kier molecular flexibility index (Phi) is 3.39. The zero-order valence-electron chi connectivity index (χ0n) is 11.6. The van der Waals surface area contributed by atoms with Gasteiger partial charge in [0.25, 0.3) is 0 Å². The summed E-state index contributed by atoms with van der Waals surface area (Å²) in [5, 5.41) is 3.33. The minimum Gasteiger partial charge on any atom is -0.353 e. The van der Waals surface area contributed by atoms with Crippen LogP contribution < -0.4 is 5.32 Å². The van der Waals surface area contributed by atoms with E-state index in [9.17, 15) is 13.2 Å². The number of anilines is 1. The van der Waals surface area contributed by atoms with Crippen LogP contribution in [0.2, 0.25) is 0 Å². The van der Waals surface area contributed by atoms with Crippen molar-refractivity contribution in [3.8, 4) is 0 Å². The summed E-state index contributed by atoms with van der Waals surface area (Å²) < 4.78 is 39.6. The summed E-state index contributed by atoms with van der Waals surface area (Å²) in [6, 6.07) is 5.75. The molecular formula is C15H16F3N3. The van der Waals surface area contributed by atoms with Gasteiger partial charge in [0.15, 0.2) is 0 Å². The smallest absolute Gasteiger partial charge is 0.353 e. The van der Waals surface area contributed by atoms with E-state index in [4.69, 9.17) is 0 Å². The fourth-order valence-corrected chi connectivity index (χ4v) is 2.19. The first-order valence-corrected chi connectivity index (χ1v) is 6.88. The highest BCUT2D eigenvalue weighted by atomic mass is 19.4. The van der Waals surface area contributed by atoms with E-state index in [1.165, 1.54) is 12.1 Å². The zero-order chi connectivity index (χ0) is 15.0. The standard InChI is InChI=1S/C15H16F3N3/c1-10-8-21(14(19-10)20-13-6-7-13)9-11-2-4-12(5-3-11)15(16,17)18/h2-5,8,13H,6-7,9H2,1H3,(H,19,20). The second-order valence-corrected chi connectivity index (χ2v) is 5.45. The minimum absolute atomic E-state index is 0.484. The quantitative estimate of drug-likeness (QED) is 0.929. The van der Waals surface area contributed by atoms with Gasteiger partial charge in [-0.2, -0.15) is 13.2 Å². The maximum atomic E-state index is 12.5. The third-order valence-corrected chi connectivity index (χ3v) is 3.44. The monoisotopic (exact) mass is 295 g/mol. The van der Waals surface area contributed by atoms with Crippen molar-refractivity contribution in [3.05, 3.63) is 47.3 Å². The minimum atomic E-state index is -4.29. The predicted octanol–water partition coefficient (Wildman–Crippen LogP) is 3.83. The molecule has 0 saturated heterocycles. The van der Waals surface area contributed by atoms with E-state index in [1.54, 1.807) is 0 Å². The van der Waals surface area contributed by atoms with Gasteiger partial charge in [-0.15, -0.1) is 0 Å². The van der Waals surface area contributed by atoms with Crippen LogP contribution in [0.3, 0.4) is 0 Å². The maximum Gasteiger partial charge on any atom is 0.416 e. The van der Waals surface area contributed by atoms with Gasteiger partial charge in [-0.25, -0.2) is 4.98 Å². The van der Waals surface area contributed by atoms with Gasteiger partial charge in [-0.1, -0.05) is 12.1 Å². The molecule has 21 heavy (non-hydrogen) atoms. The molecule has 0 bridgehead atoms. The number of aryl methyl sites for hydroxylation is 1. The molecule has 1 heterocycles. The van der Waals surface area contributed by atoms with Crippen molar-refractivity contribution in [2.75, 3.05) is 5.32 Å². The summed E-state index contributed by atoms with van der Waals surface area (Å²) in [5.74, 6) is 0.787. The van der Waals surface area contributed by atoms with Crippen LogP contribution >= 0.6 is 0 Å². The Balaban J connectivity index is 1.76. The molecule has 0 radical (unpaired) electrons. The first-order chi connectivity index (χ1) is 9.91. The highest BCUT2D eigenvalue weighted by Crippen LogP contribution is 2.29. The Bertz CT molecular complexity index is 625. The molecule has 0 amide bonds. The average molecular weight is 295 g/mol. The van der Waals surface area contributed by atoms with Crippen LogP contribution in [0.1, 0.15) is 29.7 Å². The maximum absolute atomic E-state index is 12.5. The summed E-state index contributed by atoms with van der Waals surface area (Å²) in [4.78, 5) is 4.42. The molecule has 3 nitrogen and oxygen atoms in total. The molecule has 2 aromatic rings. The molecule has 1 saturated carbocycles. The van der Waals surface area contributed by atoms with Gasteiger partial charge < -0.3 is 9.88 Å². The molecule has 0 aliphatic heterocycles. The first-order valence-electron chi connectivity index (χ1n) is 6.88. The molecule has 1 aromatic carbocycles. The number of nitrogens with zero attached hydrogens (tertiary/aromatic N) is 2. The number of aromatic nitrogens is 2. The van der Waals surface area contributed by atoms with Crippen LogP contribution in [0.25, 0.3) is 0 Å². The van der Waals surface area contributed by atoms with E-state index in [0.717, 1.165) is 42.2 Å². The number of hydrogen-bond acceptors (Lipinski definition) is 2. The topological polar surface area (TPSA) is 29.9 Å². The Morgan fingerprint density at radius 3 is 2.48 bits per heavy atom. The second-order valence-electron chi connectivity index (χ2n) is 5.45. The first kappa shape index (κ1) is 14.0. The summed E-state index contributed by atoms with van der Waals surface area (Å²) in [6.45, 7) is 2.41. The van der Waals surface area contributed by atoms with Crippen LogP contribution in [0, 0.1) is 6.92 Å². The van der Waals surface area contributed by atoms with Crippen molar-refractivity contribution in [1.29, 1.82) is 0 Å². The molecule has 1 fully saturated rings. The van der Waals surface area contributed by atoms with Crippen LogP contribution in [0.4, 0.5) is 19.1 Å². The van der Waals surface area contributed by atoms with Crippen molar-refractivity contribution in [2.45, 2.75) is 38.5 Å². The molecular weight excluding hydrogens is 279 g/mol. The van der Waals surface area contributed by atoms with E-state index < -0.39 is 11.7 Å². The molecule has 1 aliphatic rings. The lowest BCUT2D eigenvalue weighted by Gasteiger charge is -2.10. The zero-order valence-corrected chi connectivity index (χ0v) is 11.6. The number of nitrogens with one attached hydrogen (secondary N) is 1. The third kappa shape index (κ3) is 3.37. The summed E-state index contributed by atoms with van der Waals surface area (Å²) in [6.07, 6.45) is -0.0937. The molecule has 1 N–H and O–H groups in total. The normalized spacial score (nSPS) is 15.2. The highest BCUT2D eigenvalue weighted by Gasteiger charge is 2.30. The van der Waals surface area contributed by atoms with Crippen molar-refractivity contribution < 1.29 is 13.2 Å². The number of imidazole rings is 1. The summed E-state index contributed by atoms with van der Waals surface area (Å²) in [7, 11) is 0. The number of benzene rings is 1. The van der Waals surface area contributed by atoms with Gasteiger partial charge in [0.05, 0.1) is 17.8 Å². The van der Waals surface area contributed by atoms with Gasteiger partial charge in [0.1, 0.15) is 0 Å². The fraction of sp³-hybridized carbons (Fsp3) is 0.400. The number of hydrogen-bond donors (Lipinski definition) is 1. The Morgan fingerprint density at radius 1 is 1.24 bits per heavy atom. The number of halogens is 3. The lowest BCUT2D eigenvalue weighted by atomic mass is 10.1. The molecule has 1 aliphatic carbocycles. The third-order valence-electron chi connectivity index (χ3n) is 3.44. The van der Waals surface area contributed by atoms with Crippen LogP contribution in [0.15, 0.2) is 30.5 Å².